The molecule has 5 nitrogen and oxygen atoms in total. The largest absolute Gasteiger partial charge is 0.497 e. The molecule has 0 saturated heterocycles. The highest BCUT2D eigenvalue weighted by atomic mass is 16.5. The van der Waals surface area contributed by atoms with Crippen molar-refractivity contribution in [1.82, 2.24) is 4.98 Å². The van der Waals surface area contributed by atoms with Crippen LogP contribution >= 0.6 is 0 Å². The first kappa shape index (κ1) is 23.3. The fourth-order valence-electron chi connectivity index (χ4n) is 3.42. The van der Waals surface area contributed by atoms with E-state index in [-0.39, 0.29) is 11.9 Å². The van der Waals surface area contributed by atoms with Crippen LogP contribution in [0.15, 0.2) is 66.7 Å². The molecule has 0 bridgehead atoms. The smallest absolute Gasteiger partial charge is 0.308 e. The van der Waals surface area contributed by atoms with Gasteiger partial charge >= 0.3 is 5.97 Å². The van der Waals surface area contributed by atoms with Gasteiger partial charge < -0.3 is 14.2 Å². The van der Waals surface area contributed by atoms with E-state index in [0.717, 1.165) is 47.4 Å². The van der Waals surface area contributed by atoms with Crippen molar-refractivity contribution in [2.24, 2.45) is 5.92 Å². The summed E-state index contributed by atoms with van der Waals surface area (Å²) in [6.07, 6.45) is 2.53. The standard InChI is InChI=1S/C27H31NO4/c1-4-31-27(29)20(2)10-8-9-17-32-26-19-23(21-13-15-24(30-3)16-14-21)18-25(28-26)22-11-6-5-7-12-22/h5-7,11-16,18-20H,4,8-10,17H2,1-3H3. The molecule has 2 aromatic carbocycles. The SMILES string of the molecule is CCOC(=O)C(C)CCCCOc1cc(-c2ccc(OC)cc2)cc(-c2ccccc2)n1. The normalized spacial score (nSPS) is 11.6. The van der Waals surface area contributed by atoms with E-state index in [1.807, 2.05) is 74.5 Å². The molecule has 0 amide bonds. The number of pyridine rings is 1. The fraction of sp³-hybridized carbons (Fsp3) is 0.333. The maximum absolute atomic E-state index is 11.7. The molecule has 3 aromatic rings. The monoisotopic (exact) mass is 433 g/mol. The van der Waals surface area contributed by atoms with Crippen molar-refractivity contribution in [2.75, 3.05) is 20.3 Å². The van der Waals surface area contributed by atoms with E-state index in [4.69, 9.17) is 19.2 Å². The lowest BCUT2D eigenvalue weighted by molar-refractivity contribution is -0.147. The second-order valence-electron chi connectivity index (χ2n) is 7.67. The molecule has 0 fully saturated rings. The number of ether oxygens (including phenoxy) is 3. The van der Waals surface area contributed by atoms with Gasteiger partial charge in [-0.15, -0.1) is 0 Å². The van der Waals surface area contributed by atoms with Crippen LogP contribution in [0.2, 0.25) is 0 Å². The summed E-state index contributed by atoms with van der Waals surface area (Å²) in [5, 5.41) is 0. The molecule has 0 radical (unpaired) electrons. The minimum Gasteiger partial charge on any atom is -0.497 e. The van der Waals surface area contributed by atoms with Crippen LogP contribution in [0, 0.1) is 5.92 Å². The average Bonchev–Trinajstić information content (AvgIpc) is 2.84. The summed E-state index contributed by atoms with van der Waals surface area (Å²) in [5.74, 6) is 1.20. The van der Waals surface area contributed by atoms with Gasteiger partial charge in [-0.1, -0.05) is 49.4 Å². The molecule has 0 aliphatic carbocycles. The predicted octanol–water partition coefficient (Wildman–Crippen LogP) is 6.17. The third-order valence-corrected chi connectivity index (χ3v) is 5.27. The van der Waals surface area contributed by atoms with Crippen LogP contribution < -0.4 is 9.47 Å². The molecular formula is C27H31NO4. The summed E-state index contributed by atoms with van der Waals surface area (Å²) in [4.78, 5) is 16.5. The van der Waals surface area contributed by atoms with Crippen LogP contribution in [0.25, 0.3) is 22.4 Å². The van der Waals surface area contributed by atoms with Crippen LogP contribution in [0.4, 0.5) is 0 Å². The van der Waals surface area contributed by atoms with Gasteiger partial charge in [0, 0.05) is 11.6 Å². The maximum atomic E-state index is 11.7. The number of hydrogen-bond donors (Lipinski definition) is 0. The Hall–Kier alpha value is -3.34. The summed E-state index contributed by atoms with van der Waals surface area (Å²) in [6, 6.07) is 22.1. The lowest BCUT2D eigenvalue weighted by Crippen LogP contribution is -2.14. The first-order chi connectivity index (χ1) is 15.6. The summed E-state index contributed by atoms with van der Waals surface area (Å²) in [7, 11) is 1.66. The number of carbonyl (C=O) groups excluding carboxylic acids is 1. The molecule has 1 aromatic heterocycles. The van der Waals surface area contributed by atoms with Crippen LogP contribution in [0.5, 0.6) is 11.6 Å². The molecule has 5 heteroatoms. The number of nitrogens with zero attached hydrogens (tertiary/aromatic N) is 1. The van der Waals surface area contributed by atoms with E-state index < -0.39 is 0 Å². The second kappa shape index (κ2) is 11.9. The number of aromatic nitrogens is 1. The third-order valence-electron chi connectivity index (χ3n) is 5.27. The van der Waals surface area contributed by atoms with E-state index in [0.29, 0.717) is 19.1 Å². The molecular weight excluding hydrogens is 402 g/mol. The van der Waals surface area contributed by atoms with Gasteiger partial charge in [0.05, 0.1) is 31.9 Å². The molecule has 168 valence electrons. The third kappa shape index (κ3) is 6.58. The van der Waals surface area contributed by atoms with Crippen molar-refractivity contribution in [2.45, 2.75) is 33.1 Å². The number of methoxy groups -OCH3 is 1. The lowest BCUT2D eigenvalue weighted by atomic mass is 10.0. The van der Waals surface area contributed by atoms with Crippen molar-refractivity contribution in [3.63, 3.8) is 0 Å². The van der Waals surface area contributed by atoms with Gasteiger partial charge in [-0.2, -0.15) is 0 Å². The number of benzene rings is 2. The zero-order valence-corrected chi connectivity index (χ0v) is 19.0. The van der Waals surface area contributed by atoms with Gasteiger partial charge in [-0.3, -0.25) is 4.79 Å². The molecule has 0 saturated carbocycles. The van der Waals surface area contributed by atoms with Gasteiger partial charge in [-0.25, -0.2) is 4.98 Å². The lowest BCUT2D eigenvalue weighted by Gasteiger charge is -2.12. The minimum atomic E-state index is -0.130. The van der Waals surface area contributed by atoms with Crippen LogP contribution in [0.1, 0.15) is 33.1 Å². The Morgan fingerprint density at radius 2 is 1.69 bits per heavy atom. The highest BCUT2D eigenvalue weighted by Gasteiger charge is 2.13. The topological polar surface area (TPSA) is 57.7 Å². The van der Waals surface area contributed by atoms with Crippen molar-refractivity contribution in [3.05, 3.63) is 66.7 Å². The Morgan fingerprint density at radius 1 is 0.938 bits per heavy atom. The van der Waals surface area contributed by atoms with E-state index in [1.54, 1.807) is 7.11 Å². The maximum Gasteiger partial charge on any atom is 0.308 e. The molecule has 1 heterocycles. The highest BCUT2D eigenvalue weighted by molar-refractivity contribution is 5.72. The Labute approximate surface area is 190 Å². The van der Waals surface area contributed by atoms with Crippen molar-refractivity contribution < 1.29 is 19.0 Å². The minimum absolute atomic E-state index is 0.0869. The number of unbranched alkanes of at least 4 members (excludes halogenated alkanes) is 1. The molecule has 1 atom stereocenters. The molecule has 0 spiro atoms. The van der Waals surface area contributed by atoms with E-state index in [9.17, 15) is 4.79 Å². The summed E-state index contributed by atoms with van der Waals surface area (Å²) in [6.45, 7) is 4.70. The summed E-state index contributed by atoms with van der Waals surface area (Å²) < 4.78 is 16.4. The van der Waals surface area contributed by atoms with Gasteiger partial charge in [0.25, 0.3) is 0 Å². The predicted molar refractivity (Wildman–Crippen MR) is 127 cm³/mol. The Kier molecular flexibility index (Phi) is 8.67. The van der Waals surface area contributed by atoms with Crippen molar-refractivity contribution in [1.29, 1.82) is 0 Å². The molecule has 0 N–H and O–H groups in total. The summed E-state index contributed by atoms with van der Waals surface area (Å²) in [5.41, 5.74) is 4.01. The molecule has 32 heavy (non-hydrogen) atoms. The summed E-state index contributed by atoms with van der Waals surface area (Å²) >= 11 is 0. The highest BCUT2D eigenvalue weighted by Crippen LogP contribution is 2.30. The van der Waals surface area contributed by atoms with Crippen molar-refractivity contribution >= 4 is 5.97 Å². The number of carbonyl (C=O) groups is 1. The fourth-order valence-corrected chi connectivity index (χ4v) is 3.42. The number of esters is 1. The van der Waals surface area contributed by atoms with Crippen molar-refractivity contribution in [3.8, 4) is 34.0 Å². The first-order valence-corrected chi connectivity index (χ1v) is 11.1. The average molecular weight is 434 g/mol. The molecule has 0 aliphatic heterocycles. The van der Waals surface area contributed by atoms with E-state index in [1.165, 1.54) is 0 Å². The van der Waals surface area contributed by atoms with Gasteiger partial charge in [0.15, 0.2) is 0 Å². The Bertz CT molecular complexity index is 986. The van der Waals surface area contributed by atoms with Gasteiger partial charge in [0.1, 0.15) is 5.75 Å². The molecule has 0 aliphatic rings. The van der Waals surface area contributed by atoms with Crippen LogP contribution in [-0.2, 0) is 9.53 Å². The van der Waals surface area contributed by atoms with E-state index >= 15 is 0 Å². The van der Waals surface area contributed by atoms with Gasteiger partial charge in [-0.05, 0) is 55.5 Å². The molecule has 3 rings (SSSR count). The zero-order chi connectivity index (χ0) is 22.8. The quantitative estimate of drug-likeness (QED) is 0.267. The van der Waals surface area contributed by atoms with E-state index in [2.05, 4.69) is 6.07 Å². The van der Waals surface area contributed by atoms with Gasteiger partial charge in [0.2, 0.25) is 5.88 Å². The number of hydrogen-bond acceptors (Lipinski definition) is 5. The zero-order valence-electron chi connectivity index (χ0n) is 19.0. The first-order valence-electron chi connectivity index (χ1n) is 11.1. The van der Waals surface area contributed by atoms with Crippen LogP contribution in [0.3, 0.4) is 0 Å². The number of rotatable bonds is 11. The Balaban J connectivity index is 1.70. The Morgan fingerprint density at radius 3 is 2.38 bits per heavy atom. The molecule has 1 unspecified atom stereocenters. The van der Waals surface area contributed by atoms with Crippen LogP contribution in [-0.4, -0.2) is 31.3 Å². The second-order valence-corrected chi connectivity index (χ2v) is 7.67.